The van der Waals surface area contributed by atoms with Crippen LogP contribution in [0.2, 0.25) is 0 Å². The highest BCUT2D eigenvalue weighted by Crippen LogP contribution is 2.28. The van der Waals surface area contributed by atoms with E-state index in [1.54, 1.807) is 0 Å². The maximum atomic E-state index is 10.6. The zero-order valence-corrected chi connectivity index (χ0v) is 14.5. The summed E-state index contributed by atoms with van der Waals surface area (Å²) in [7, 11) is 1.83. The van der Waals surface area contributed by atoms with Crippen LogP contribution >= 0.6 is 0 Å². The second-order valence-corrected chi connectivity index (χ2v) is 7.34. The van der Waals surface area contributed by atoms with Crippen LogP contribution in [0, 0.1) is 11.8 Å². The summed E-state index contributed by atoms with van der Waals surface area (Å²) in [5.41, 5.74) is 0. The molecule has 2 rings (SSSR count). The van der Waals surface area contributed by atoms with Crippen molar-refractivity contribution in [2.24, 2.45) is 11.8 Å². The maximum absolute atomic E-state index is 10.6. The van der Waals surface area contributed by atoms with Crippen LogP contribution in [-0.2, 0) is 9.53 Å². The van der Waals surface area contributed by atoms with Crippen molar-refractivity contribution in [3.63, 3.8) is 0 Å². The molecule has 134 valence electrons. The third kappa shape index (κ3) is 6.40. The van der Waals surface area contributed by atoms with Crippen molar-refractivity contribution in [1.29, 1.82) is 0 Å². The molecule has 0 saturated heterocycles. The second kappa shape index (κ2) is 10.3. The van der Waals surface area contributed by atoms with Gasteiger partial charge in [0.05, 0.1) is 18.2 Å². The highest BCUT2D eigenvalue weighted by Gasteiger charge is 2.28. The number of hydrogen-bond acceptors (Lipinski definition) is 4. The molecule has 5 heteroatoms. The number of amides is 1. The van der Waals surface area contributed by atoms with Gasteiger partial charge in [0.25, 0.3) is 0 Å². The van der Waals surface area contributed by atoms with Gasteiger partial charge in [-0.1, -0.05) is 0 Å². The Bertz CT molecular complexity index is 332. The molecule has 2 fully saturated rings. The molecule has 1 amide bonds. The molecule has 2 saturated carbocycles. The van der Waals surface area contributed by atoms with Crippen LogP contribution in [-0.4, -0.2) is 50.0 Å². The molecule has 0 aromatic rings. The number of rotatable bonds is 9. The fourth-order valence-corrected chi connectivity index (χ4v) is 4.16. The summed E-state index contributed by atoms with van der Waals surface area (Å²) in [6.45, 7) is 2.15. The van der Waals surface area contributed by atoms with Gasteiger partial charge in [-0.3, -0.25) is 4.79 Å². The van der Waals surface area contributed by atoms with E-state index in [1.807, 2.05) is 7.11 Å². The lowest BCUT2D eigenvalue weighted by Gasteiger charge is -2.33. The van der Waals surface area contributed by atoms with Crippen molar-refractivity contribution in [3.8, 4) is 0 Å². The molecule has 0 spiro atoms. The van der Waals surface area contributed by atoms with E-state index in [-0.39, 0.29) is 12.1 Å². The number of carbonyl (C=O) groups excluding carboxylic acids is 1. The number of nitrogens with one attached hydrogen (secondary N) is 2. The monoisotopic (exact) mass is 326 g/mol. The Labute approximate surface area is 140 Å². The first-order chi connectivity index (χ1) is 11.2. The lowest BCUT2D eigenvalue weighted by atomic mass is 9.82. The normalized spacial score (nSPS) is 35.0. The van der Waals surface area contributed by atoms with E-state index in [4.69, 9.17) is 4.74 Å². The van der Waals surface area contributed by atoms with E-state index >= 15 is 0 Å². The highest BCUT2D eigenvalue weighted by atomic mass is 16.5. The average molecular weight is 326 g/mol. The minimum Gasteiger partial charge on any atom is -0.391 e. The summed E-state index contributed by atoms with van der Waals surface area (Å²) >= 11 is 0. The van der Waals surface area contributed by atoms with Crippen molar-refractivity contribution in [2.45, 2.75) is 76.0 Å². The van der Waals surface area contributed by atoms with Gasteiger partial charge in [0, 0.05) is 7.11 Å². The van der Waals surface area contributed by atoms with Gasteiger partial charge in [-0.25, -0.2) is 0 Å². The van der Waals surface area contributed by atoms with Crippen LogP contribution < -0.4 is 10.6 Å². The molecule has 0 bridgehead atoms. The molecule has 23 heavy (non-hydrogen) atoms. The number of hydrogen-bond donors (Lipinski definition) is 3. The van der Waals surface area contributed by atoms with Crippen molar-refractivity contribution < 1.29 is 14.6 Å². The lowest BCUT2D eigenvalue weighted by molar-refractivity contribution is -0.111. The summed E-state index contributed by atoms with van der Waals surface area (Å²) in [4.78, 5) is 10.6. The number of methoxy groups -OCH3 is 1. The third-order valence-electron chi connectivity index (χ3n) is 5.79. The quantitative estimate of drug-likeness (QED) is 0.447. The molecular weight excluding hydrogens is 292 g/mol. The predicted molar refractivity (Wildman–Crippen MR) is 91.2 cm³/mol. The van der Waals surface area contributed by atoms with E-state index < -0.39 is 0 Å². The summed E-state index contributed by atoms with van der Waals surface area (Å²) in [5.74, 6) is 1.47. The SMILES string of the molecule is COC1CCC(CCNCCC2CCC(O)C(NC=O)C2)CC1. The van der Waals surface area contributed by atoms with Gasteiger partial charge in [-0.2, -0.15) is 0 Å². The first-order valence-electron chi connectivity index (χ1n) is 9.34. The summed E-state index contributed by atoms with van der Waals surface area (Å²) in [6.07, 6.45) is 11.1. The maximum Gasteiger partial charge on any atom is 0.207 e. The predicted octanol–water partition coefficient (Wildman–Crippen LogP) is 1.84. The van der Waals surface area contributed by atoms with Crippen molar-refractivity contribution in [2.75, 3.05) is 20.2 Å². The molecule has 0 aromatic heterocycles. The molecule has 3 atom stereocenters. The Morgan fingerprint density at radius 1 is 1.04 bits per heavy atom. The van der Waals surface area contributed by atoms with Crippen LogP contribution in [0.5, 0.6) is 0 Å². The first-order valence-corrected chi connectivity index (χ1v) is 9.34. The molecule has 2 aliphatic rings. The molecule has 2 aliphatic carbocycles. The van der Waals surface area contributed by atoms with Crippen molar-refractivity contribution in [1.82, 2.24) is 10.6 Å². The molecule has 0 aliphatic heterocycles. The lowest BCUT2D eigenvalue weighted by Crippen LogP contribution is -2.44. The van der Waals surface area contributed by atoms with Gasteiger partial charge >= 0.3 is 0 Å². The standard InChI is InChI=1S/C18H34N2O3/c1-23-16-5-2-14(3-6-16)8-10-19-11-9-15-4-7-18(22)17(12-15)20-13-21/h13-19,22H,2-12H2,1H3,(H,20,21). The molecule has 3 unspecified atom stereocenters. The van der Waals surface area contributed by atoms with Gasteiger partial charge in [0.15, 0.2) is 0 Å². The Morgan fingerprint density at radius 3 is 2.35 bits per heavy atom. The zero-order chi connectivity index (χ0) is 16.5. The van der Waals surface area contributed by atoms with Gasteiger partial charge in [-0.15, -0.1) is 0 Å². The largest absolute Gasteiger partial charge is 0.391 e. The average Bonchev–Trinajstić information content (AvgIpc) is 2.58. The fourth-order valence-electron chi connectivity index (χ4n) is 4.16. The molecule has 0 heterocycles. The molecule has 0 aromatic carbocycles. The Balaban J connectivity index is 1.51. The molecule has 3 N–H and O–H groups in total. The van der Waals surface area contributed by atoms with Crippen LogP contribution in [0.25, 0.3) is 0 Å². The Morgan fingerprint density at radius 2 is 1.70 bits per heavy atom. The number of ether oxygens (including phenoxy) is 1. The first kappa shape index (κ1) is 18.7. The molecular formula is C18H34N2O3. The number of carbonyl (C=O) groups is 1. The van der Waals surface area contributed by atoms with E-state index in [2.05, 4.69) is 10.6 Å². The minimum atomic E-state index is -0.369. The van der Waals surface area contributed by atoms with E-state index in [1.165, 1.54) is 32.1 Å². The minimum absolute atomic E-state index is 0.0535. The van der Waals surface area contributed by atoms with Crippen LogP contribution in [0.4, 0.5) is 0 Å². The Kier molecular flexibility index (Phi) is 8.34. The topological polar surface area (TPSA) is 70.6 Å². The fraction of sp³-hybridized carbons (Fsp3) is 0.944. The van der Waals surface area contributed by atoms with Crippen LogP contribution in [0.15, 0.2) is 0 Å². The third-order valence-corrected chi connectivity index (χ3v) is 5.79. The summed E-state index contributed by atoms with van der Waals surface area (Å²) < 4.78 is 5.42. The highest BCUT2D eigenvalue weighted by molar-refractivity contribution is 5.46. The van der Waals surface area contributed by atoms with Gasteiger partial charge in [-0.05, 0) is 82.7 Å². The van der Waals surface area contributed by atoms with Crippen LogP contribution in [0.1, 0.15) is 57.8 Å². The zero-order valence-electron chi connectivity index (χ0n) is 14.5. The second-order valence-electron chi connectivity index (χ2n) is 7.34. The van der Waals surface area contributed by atoms with E-state index in [0.29, 0.717) is 18.4 Å². The van der Waals surface area contributed by atoms with Gasteiger partial charge in [0.2, 0.25) is 6.41 Å². The Hall–Kier alpha value is -0.650. The smallest absolute Gasteiger partial charge is 0.207 e. The van der Waals surface area contributed by atoms with Gasteiger partial charge < -0.3 is 20.5 Å². The van der Waals surface area contributed by atoms with Crippen molar-refractivity contribution >= 4 is 6.41 Å². The summed E-state index contributed by atoms with van der Waals surface area (Å²) in [6, 6.07) is -0.0535. The molecule has 0 radical (unpaired) electrons. The number of aliphatic hydroxyl groups excluding tert-OH is 1. The van der Waals surface area contributed by atoms with E-state index in [0.717, 1.165) is 44.7 Å². The summed E-state index contributed by atoms with van der Waals surface area (Å²) in [5, 5.41) is 16.2. The van der Waals surface area contributed by atoms with E-state index in [9.17, 15) is 9.90 Å². The van der Waals surface area contributed by atoms with Gasteiger partial charge in [0.1, 0.15) is 0 Å². The van der Waals surface area contributed by atoms with Crippen molar-refractivity contribution in [3.05, 3.63) is 0 Å². The molecule has 5 nitrogen and oxygen atoms in total. The number of aliphatic hydroxyl groups is 1. The van der Waals surface area contributed by atoms with Crippen LogP contribution in [0.3, 0.4) is 0 Å².